The molecule has 1 aliphatic rings. The summed E-state index contributed by atoms with van der Waals surface area (Å²) >= 11 is 0. The average Bonchev–Trinajstić information content (AvgIpc) is 2.48. The van der Waals surface area contributed by atoms with E-state index in [0.717, 1.165) is 6.07 Å². The Bertz CT molecular complexity index is 622. The lowest BCUT2D eigenvalue weighted by atomic mass is 10.0. The lowest BCUT2D eigenvalue weighted by Gasteiger charge is -2.34. The lowest BCUT2D eigenvalue weighted by molar-refractivity contribution is -0.384. The van der Waals surface area contributed by atoms with Crippen LogP contribution in [0.25, 0.3) is 0 Å². The van der Waals surface area contributed by atoms with E-state index in [9.17, 15) is 19.3 Å². The fraction of sp³-hybridized carbons (Fsp3) is 0.562. The van der Waals surface area contributed by atoms with Crippen LogP contribution in [-0.2, 0) is 4.74 Å². The zero-order valence-corrected chi connectivity index (χ0v) is 14.0. The second-order valence-corrected chi connectivity index (χ2v) is 6.80. The molecule has 1 N–H and O–H groups in total. The third-order valence-electron chi connectivity index (χ3n) is 3.66. The zero-order valence-electron chi connectivity index (χ0n) is 14.0. The van der Waals surface area contributed by atoms with E-state index in [0.29, 0.717) is 25.9 Å². The minimum atomic E-state index is -0.646. The van der Waals surface area contributed by atoms with Crippen molar-refractivity contribution in [3.05, 3.63) is 34.1 Å². The summed E-state index contributed by atoms with van der Waals surface area (Å²) in [6, 6.07) is 3.43. The highest BCUT2D eigenvalue weighted by atomic mass is 19.1. The van der Waals surface area contributed by atoms with Crippen LogP contribution >= 0.6 is 0 Å². The van der Waals surface area contributed by atoms with Gasteiger partial charge in [-0.15, -0.1) is 0 Å². The Hall–Kier alpha value is -2.38. The van der Waals surface area contributed by atoms with Gasteiger partial charge in [-0.05, 0) is 45.7 Å². The molecule has 1 aromatic carbocycles. The third kappa shape index (κ3) is 4.81. The molecule has 2 rings (SSSR count). The molecule has 0 spiro atoms. The van der Waals surface area contributed by atoms with Crippen molar-refractivity contribution >= 4 is 17.5 Å². The number of carbonyl (C=O) groups is 1. The minimum Gasteiger partial charge on any atom is -0.444 e. The molecule has 1 amide bonds. The summed E-state index contributed by atoms with van der Waals surface area (Å²) in [6.07, 6.45) is 0.912. The number of piperidine rings is 1. The number of hydrogen-bond donors (Lipinski definition) is 1. The number of carbonyl (C=O) groups excluding carboxylic acids is 1. The maximum atomic E-state index is 13.2. The first-order valence-electron chi connectivity index (χ1n) is 7.84. The number of benzene rings is 1. The number of nitro groups is 1. The number of halogens is 1. The fourth-order valence-corrected chi connectivity index (χ4v) is 2.53. The molecule has 1 heterocycles. The fourth-order valence-electron chi connectivity index (χ4n) is 2.53. The Labute approximate surface area is 139 Å². The van der Waals surface area contributed by atoms with Crippen LogP contribution in [0.15, 0.2) is 18.2 Å². The van der Waals surface area contributed by atoms with Crippen LogP contribution in [0.1, 0.15) is 33.6 Å². The summed E-state index contributed by atoms with van der Waals surface area (Å²) in [5.41, 5.74) is -0.539. The number of anilines is 1. The maximum absolute atomic E-state index is 13.2. The SMILES string of the molecule is CC(C)(C)OC(=O)N1CCC(Nc2ccc(F)cc2[N+](=O)[O-])CC1. The first kappa shape index (κ1) is 18.0. The van der Waals surface area contributed by atoms with Crippen molar-refractivity contribution in [2.75, 3.05) is 18.4 Å². The largest absolute Gasteiger partial charge is 0.444 e. The highest BCUT2D eigenvalue weighted by Crippen LogP contribution is 2.27. The van der Waals surface area contributed by atoms with E-state index >= 15 is 0 Å². The van der Waals surface area contributed by atoms with Crippen molar-refractivity contribution in [2.45, 2.75) is 45.3 Å². The van der Waals surface area contributed by atoms with E-state index in [-0.39, 0.29) is 23.5 Å². The van der Waals surface area contributed by atoms with Crippen LogP contribution in [0.5, 0.6) is 0 Å². The number of amides is 1. The van der Waals surface area contributed by atoms with Gasteiger partial charge in [-0.1, -0.05) is 0 Å². The van der Waals surface area contributed by atoms with Gasteiger partial charge in [-0.25, -0.2) is 9.18 Å². The Morgan fingerprint density at radius 1 is 1.38 bits per heavy atom. The highest BCUT2D eigenvalue weighted by Gasteiger charge is 2.27. The average molecular weight is 339 g/mol. The molecule has 0 bridgehead atoms. The molecule has 132 valence electrons. The van der Waals surface area contributed by atoms with Gasteiger partial charge in [0, 0.05) is 19.1 Å². The lowest BCUT2D eigenvalue weighted by Crippen LogP contribution is -2.44. The normalized spacial score (nSPS) is 15.9. The van der Waals surface area contributed by atoms with Crippen molar-refractivity contribution in [1.82, 2.24) is 4.90 Å². The summed E-state index contributed by atoms with van der Waals surface area (Å²) in [7, 11) is 0. The molecule has 7 nitrogen and oxygen atoms in total. The highest BCUT2D eigenvalue weighted by molar-refractivity contribution is 5.68. The molecule has 0 aromatic heterocycles. The number of ether oxygens (including phenoxy) is 1. The molecular weight excluding hydrogens is 317 g/mol. The van der Waals surface area contributed by atoms with Gasteiger partial charge in [0.05, 0.1) is 11.0 Å². The summed E-state index contributed by atoms with van der Waals surface area (Å²) in [5, 5.41) is 14.1. The van der Waals surface area contributed by atoms with E-state index < -0.39 is 16.3 Å². The molecular formula is C16H22FN3O4. The van der Waals surface area contributed by atoms with Gasteiger partial charge in [0.2, 0.25) is 0 Å². The molecule has 8 heteroatoms. The molecule has 0 saturated carbocycles. The molecule has 1 saturated heterocycles. The Kier molecular flexibility index (Phi) is 5.26. The zero-order chi connectivity index (χ0) is 17.9. The van der Waals surface area contributed by atoms with Crippen LogP contribution in [0.4, 0.5) is 20.6 Å². The van der Waals surface area contributed by atoms with Gasteiger partial charge in [0.15, 0.2) is 0 Å². The smallest absolute Gasteiger partial charge is 0.410 e. The van der Waals surface area contributed by atoms with Gasteiger partial charge < -0.3 is 15.0 Å². The number of nitro benzene ring substituents is 1. The summed E-state index contributed by atoms with van der Waals surface area (Å²) < 4.78 is 18.5. The van der Waals surface area contributed by atoms with Crippen LogP contribution in [-0.4, -0.2) is 40.6 Å². The van der Waals surface area contributed by atoms with Crippen LogP contribution in [0, 0.1) is 15.9 Å². The number of hydrogen-bond acceptors (Lipinski definition) is 5. The van der Waals surface area contributed by atoms with Gasteiger partial charge in [-0.3, -0.25) is 10.1 Å². The second kappa shape index (κ2) is 7.02. The van der Waals surface area contributed by atoms with Crippen molar-refractivity contribution in [3.63, 3.8) is 0 Å². The Morgan fingerprint density at radius 2 is 2.00 bits per heavy atom. The number of nitrogens with one attached hydrogen (secondary N) is 1. The number of nitrogens with zero attached hydrogens (tertiary/aromatic N) is 2. The topological polar surface area (TPSA) is 84.7 Å². The quantitative estimate of drug-likeness (QED) is 0.672. The van der Waals surface area contributed by atoms with Gasteiger partial charge in [0.25, 0.3) is 5.69 Å². The van der Waals surface area contributed by atoms with Crippen LogP contribution in [0.3, 0.4) is 0 Å². The Balaban J connectivity index is 1.94. The molecule has 0 unspecified atom stereocenters. The van der Waals surface area contributed by atoms with E-state index in [4.69, 9.17) is 4.74 Å². The Morgan fingerprint density at radius 3 is 2.54 bits per heavy atom. The molecule has 1 aromatic rings. The minimum absolute atomic E-state index is 0.0205. The van der Waals surface area contributed by atoms with E-state index in [1.54, 1.807) is 4.90 Å². The molecule has 1 fully saturated rings. The monoisotopic (exact) mass is 339 g/mol. The first-order chi connectivity index (χ1) is 11.2. The van der Waals surface area contributed by atoms with Gasteiger partial charge in [-0.2, -0.15) is 0 Å². The number of rotatable bonds is 3. The molecule has 24 heavy (non-hydrogen) atoms. The predicted molar refractivity (Wildman–Crippen MR) is 87.5 cm³/mol. The van der Waals surface area contributed by atoms with Crippen molar-refractivity contribution < 1.29 is 18.8 Å². The molecule has 1 aliphatic heterocycles. The maximum Gasteiger partial charge on any atom is 0.410 e. The van der Waals surface area contributed by atoms with Crippen molar-refractivity contribution in [3.8, 4) is 0 Å². The second-order valence-electron chi connectivity index (χ2n) is 6.80. The van der Waals surface area contributed by atoms with E-state index in [1.165, 1.54) is 12.1 Å². The van der Waals surface area contributed by atoms with E-state index in [1.807, 2.05) is 20.8 Å². The summed E-state index contributed by atoms with van der Waals surface area (Å²) in [6.45, 7) is 6.44. The summed E-state index contributed by atoms with van der Waals surface area (Å²) in [5.74, 6) is -0.646. The van der Waals surface area contributed by atoms with Gasteiger partial charge >= 0.3 is 6.09 Å². The van der Waals surface area contributed by atoms with Crippen LogP contribution < -0.4 is 5.32 Å². The van der Waals surface area contributed by atoms with Crippen LogP contribution in [0.2, 0.25) is 0 Å². The number of likely N-dealkylation sites (tertiary alicyclic amines) is 1. The third-order valence-corrected chi connectivity index (χ3v) is 3.66. The van der Waals surface area contributed by atoms with Gasteiger partial charge in [0.1, 0.15) is 17.1 Å². The van der Waals surface area contributed by atoms with Crippen molar-refractivity contribution in [2.24, 2.45) is 0 Å². The molecule has 0 aliphatic carbocycles. The molecule has 0 atom stereocenters. The predicted octanol–water partition coefficient (Wildman–Crippen LogP) is 3.55. The molecule has 0 radical (unpaired) electrons. The van der Waals surface area contributed by atoms with Crippen molar-refractivity contribution in [1.29, 1.82) is 0 Å². The summed E-state index contributed by atoms with van der Waals surface area (Å²) in [4.78, 5) is 24.0. The van der Waals surface area contributed by atoms with E-state index in [2.05, 4.69) is 5.32 Å². The standard InChI is InChI=1S/C16H22FN3O4/c1-16(2,3)24-15(21)19-8-6-12(7-9-19)18-13-5-4-11(17)10-14(13)20(22)23/h4-5,10,12,18H,6-9H2,1-3H3. The first-order valence-corrected chi connectivity index (χ1v) is 7.84.